The van der Waals surface area contributed by atoms with Crippen LogP contribution in [0.15, 0.2) is 52.7 Å². The molecule has 3 aromatic rings. The number of nitro benzene ring substituents is 1. The zero-order valence-electron chi connectivity index (χ0n) is 15.7. The number of benzene rings is 2. The van der Waals surface area contributed by atoms with Gasteiger partial charge in [-0.05, 0) is 24.3 Å². The van der Waals surface area contributed by atoms with E-state index in [1.165, 1.54) is 23.7 Å². The number of nitro groups is 1. The number of azo groups is 1. The number of rotatable bonds is 8. The molecule has 1 heterocycles. The fraction of sp³-hybridized carbons (Fsp3) is 0.263. The zero-order chi connectivity index (χ0) is 20.8. The third-order valence-electron chi connectivity index (χ3n) is 4.32. The highest BCUT2D eigenvalue weighted by atomic mass is 32.1. The van der Waals surface area contributed by atoms with Crippen LogP contribution in [0.1, 0.15) is 6.42 Å². The molecular weight excluding hydrogens is 392 g/mol. The van der Waals surface area contributed by atoms with E-state index in [1.54, 1.807) is 18.2 Å². The number of aromatic nitrogens is 1. The molecule has 0 spiro atoms. The maximum Gasteiger partial charge on any atom is 0.270 e. The first-order chi connectivity index (χ1) is 14.0. The second kappa shape index (κ2) is 9.18. The van der Waals surface area contributed by atoms with Crippen molar-refractivity contribution in [2.75, 3.05) is 24.6 Å². The molecule has 9 nitrogen and oxygen atoms in total. The molecule has 148 valence electrons. The third-order valence-corrected chi connectivity index (χ3v) is 5.26. The molecule has 0 aliphatic rings. The van der Waals surface area contributed by atoms with Crippen LogP contribution in [0.2, 0.25) is 0 Å². The maximum atomic E-state index is 11.1. The topological polar surface area (TPSA) is 119 Å². The Bertz CT molecular complexity index is 1090. The summed E-state index contributed by atoms with van der Waals surface area (Å²) in [6.45, 7) is 0.981. The highest BCUT2D eigenvalue weighted by Crippen LogP contribution is 2.33. The van der Waals surface area contributed by atoms with Crippen LogP contribution in [0.5, 0.6) is 0 Å². The SMILES string of the molecule is C[n+]1sc(N=Nc2ccc(N(CCO)CCC#N)cc2)c2cc([N+](=O)[O-])ccc21. The molecule has 29 heavy (non-hydrogen) atoms. The molecule has 0 saturated carbocycles. The molecule has 0 unspecified atom stereocenters. The number of non-ortho nitro benzene ring substituents is 1. The van der Waals surface area contributed by atoms with Gasteiger partial charge in [-0.1, -0.05) is 0 Å². The summed E-state index contributed by atoms with van der Waals surface area (Å²) in [5.41, 5.74) is 2.38. The fourth-order valence-electron chi connectivity index (χ4n) is 2.89. The Hall–Kier alpha value is -3.42. The molecule has 1 N–H and O–H groups in total. The van der Waals surface area contributed by atoms with Crippen LogP contribution in [-0.2, 0) is 7.05 Å². The second-order valence-corrected chi connectivity index (χ2v) is 7.30. The molecule has 0 amide bonds. The van der Waals surface area contributed by atoms with Gasteiger partial charge in [-0.25, -0.2) is 0 Å². The van der Waals surface area contributed by atoms with Crippen molar-refractivity contribution >= 4 is 44.5 Å². The average Bonchev–Trinajstić information content (AvgIpc) is 3.05. The van der Waals surface area contributed by atoms with Gasteiger partial charge >= 0.3 is 0 Å². The van der Waals surface area contributed by atoms with Crippen molar-refractivity contribution in [2.45, 2.75) is 6.42 Å². The van der Waals surface area contributed by atoms with Crippen molar-refractivity contribution in [2.24, 2.45) is 17.3 Å². The van der Waals surface area contributed by atoms with Gasteiger partial charge in [0.25, 0.3) is 5.69 Å². The molecule has 2 aromatic carbocycles. The molecule has 3 rings (SSSR count). The summed E-state index contributed by atoms with van der Waals surface area (Å²) < 4.78 is 1.89. The number of fused-ring (bicyclic) bond motifs is 1. The predicted octanol–water partition coefficient (Wildman–Crippen LogP) is 3.76. The minimum absolute atomic E-state index is 0.00148. The highest BCUT2D eigenvalue weighted by Gasteiger charge is 2.19. The molecule has 10 heteroatoms. The van der Waals surface area contributed by atoms with E-state index in [1.807, 2.05) is 28.0 Å². The van der Waals surface area contributed by atoms with Gasteiger partial charge in [0, 0.05) is 37.0 Å². The predicted molar refractivity (Wildman–Crippen MR) is 110 cm³/mol. The van der Waals surface area contributed by atoms with E-state index in [0.29, 0.717) is 35.6 Å². The number of anilines is 1. The van der Waals surface area contributed by atoms with E-state index in [2.05, 4.69) is 16.3 Å². The summed E-state index contributed by atoms with van der Waals surface area (Å²) in [6.07, 6.45) is 0.371. The standard InChI is InChI=1S/C19H19N6O3S/c1-23-18-8-7-16(25(27)28)13-17(18)19(29-23)22-21-14-3-5-15(6-4-14)24(11-12-26)10-2-9-20/h3-8,13,26H,2,10-12H2,1H3/q+1. The Kier molecular flexibility index (Phi) is 6.43. The molecule has 0 atom stereocenters. The van der Waals surface area contributed by atoms with Gasteiger partial charge in [0.1, 0.15) is 0 Å². The van der Waals surface area contributed by atoms with E-state index in [0.717, 1.165) is 11.2 Å². The number of aliphatic hydroxyl groups excluding tert-OH is 1. The van der Waals surface area contributed by atoms with Gasteiger partial charge < -0.3 is 10.0 Å². The van der Waals surface area contributed by atoms with Crippen molar-refractivity contribution in [3.8, 4) is 6.07 Å². The first-order valence-electron chi connectivity index (χ1n) is 8.85. The molecule has 0 radical (unpaired) electrons. The fourth-order valence-corrected chi connectivity index (χ4v) is 3.75. The normalized spacial score (nSPS) is 11.1. The second-order valence-electron chi connectivity index (χ2n) is 6.19. The lowest BCUT2D eigenvalue weighted by Crippen LogP contribution is -2.27. The molecule has 0 bridgehead atoms. The largest absolute Gasteiger partial charge is 0.395 e. The molecule has 0 aliphatic carbocycles. The summed E-state index contributed by atoms with van der Waals surface area (Å²) in [6, 6.07) is 14.1. The van der Waals surface area contributed by atoms with Gasteiger partial charge in [-0.2, -0.15) is 5.26 Å². The van der Waals surface area contributed by atoms with Gasteiger partial charge in [-0.15, -0.1) is 14.2 Å². The van der Waals surface area contributed by atoms with Crippen molar-refractivity contribution in [1.29, 1.82) is 5.26 Å². The molecule has 0 aliphatic heterocycles. The molecular formula is C19H19N6O3S+. The zero-order valence-corrected chi connectivity index (χ0v) is 16.5. The van der Waals surface area contributed by atoms with Crippen LogP contribution in [0.3, 0.4) is 0 Å². The summed E-state index contributed by atoms with van der Waals surface area (Å²) >= 11 is 1.36. The van der Waals surface area contributed by atoms with Crippen molar-refractivity contribution < 1.29 is 14.0 Å². The maximum absolute atomic E-state index is 11.1. The van der Waals surface area contributed by atoms with E-state index in [-0.39, 0.29) is 12.3 Å². The smallest absolute Gasteiger partial charge is 0.270 e. The van der Waals surface area contributed by atoms with E-state index < -0.39 is 4.92 Å². The molecule has 1 aromatic heterocycles. The minimum atomic E-state index is -0.429. The molecule has 0 fully saturated rings. The number of aliphatic hydroxyl groups is 1. The third kappa shape index (κ3) is 4.71. The van der Waals surface area contributed by atoms with Crippen molar-refractivity contribution in [1.82, 2.24) is 0 Å². The number of hydrogen-bond donors (Lipinski definition) is 1. The average molecular weight is 411 g/mol. The lowest BCUT2D eigenvalue weighted by atomic mass is 10.2. The van der Waals surface area contributed by atoms with Crippen LogP contribution in [0.25, 0.3) is 10.9 Å². The lowest BCUT2D eigenvalue weighted by Gasteiger charge is -2.22. The summed E-state index contributed by atoms with van der Waals surface area (Å²) in [5, 5.41) is 38.8. The van der Waals surface area contributed by atoms with Gasteiger partial charge in [0.2, 0.25) is 10.5 Å². The lowest BCUT2D eigenvalue weighted by molar-refractivity contribution is -0.573. The van der Waals surface area contributed by atoms with Gasteiger partial charge in [-0.3, -0.25) is 10.1 Å². The Labute approximate surface area is 171 Å². The van der Waals surface area contributed by atoms with Crippen LogP contribution in [-0.4, -0.2) is 29.7 Å². The van der Waals surface area contributed by atoms with Gasteiger partial charge in [0.15, 0.2) is 18.6 Å². The number of nitrogens with zero attached hydrogens (tertiary/aromatic N) is 6. The number of hydrogen-bond acceptors (Lipinski definition) is 8. The van der Waals surface area contributed by atoms with Crippen LogP contribution in [0, 0.1) is 21.4 Å². The van der Waals surface area contributed by atoms with Crippen LogP contribution < -0.4 is 8.86 Å². The summed E-state index contributed by atoms with van der Waals surface area (Å²) in [4.78, 5) is 12.5. The Morgan fingerprint density at radius 1 is 1.24 bits per heavy atom. The van der Waals surface area contributed by atoms with Crippen molar-refractivity contribution in [3.05, 3.63) is 52.6 Å². The van der Waals surface area contributed by atoms with Crippen LogP contribution >= 0.6 is 11.5 Å². The van der Waals surface area contributed by atoms with E-state index in [9.17, 15) is 15.2 Å². The Balaban J connectivity index is 1.84. The van der Waals surface area contributed by atoms with E-state index >= 15 is 0 Å². The highest BCUT2D eigenvalue weighted by molar-refractivity contribution is 7.07. The summed E-state index contributed by atoms with van der Waals surface area (Å²) in [7, 11) is 1.86. The number of nitriles is 1. The van der Waals surface area contributed by atoms with Crippen molar-refractivity contribution in [3.63, 3.8) is 0 Å². The first kappa shape index (κ1) is 20.3. The Morgan fingerprint density at radius 2 is 2.00 bits per heavy atom. The number of aryl methyl sites for hydroxylation is 1. The monoisotopic (exact) mass is 411 g/mol. The summed E-state index contributed by atoms with van der Waals surface area (Å²) in [5.74, 6) is 0. The van der Waals surface area contributed by atoms with E-state index in [4.69, 9.17) is 5.26 Å². The first-order valence-corrected chi connectivity index (χ1v) is 9.63. The van der Waals surface area contributed by atoms with Gasteiger partial charge in [0.05, 0.1) is 35.1 Å². The quantitative estimate of drug-likeness (QED) is 0.262. The Morgan fingerprint density at radius 3 is 2.66 bits per heavy atom. The molecule has 0 saturated heterocycles. The van der Waals surface area contributed by atoms with Crippen LogP contribution in [0.4, 0.5) is 22.1 Å². The minimum Gasteiger partial charge on any atom is -0.395 e.